The highest BCUT2D eigenvalue weighted by Crippen LogP contribution is 1.82. The van der Waals surface area contributed by atoms with Gasteiger partial charge in [0.25, 0.3) is 0 Å². The van der Waals surface area contributed by atoms with Crippen LogP contribution >= 0.6 is 0 Å². The third-order valence-corrected chi connectivity index (χ3v) is 0.547. The smallest absolute Gasteiger partial charge is 0.0463 e. The van der Waals surface area contributed by atoms with Crippen molar-refractivity contribution in [3.8, 4) is 0 Å². The van der Waals surface area contributed by atoms with E-state index < -0.39 is 0 Å². The summed E-state index contributed by atoms with van der Waals surface area (Å²) in [5, 5.41) is 0. The van der Waals surface area contributed by atoms with E-state index in [-0.39, 0.29) is 0 Å². The lowest BCUT2D eigenvalue weighted by Crippen LogP contribution is -1.98. The van der Waals surface area contributed by atoms with E-state index >= 15 is 0 Å². The van der Waals surface area contributed by atoms with Crippen LogP contribution in [-0.4, -0.2) is 12.8 Å². The Morgan fingerprint density at radius 2 is 2.57 bits per heavy atom. The fourth-order valence-electron chi connectivity index (χ4n) is 0.235. The second-order valence-corrected chi connectivity index (χ2v) is 1.16. The maximum atomic E-state index is 5.14. The third kappa shape index (κ3) is 3.19. The van der Waals surface area contributed by atoms with Crippen molar-refractivity contribution >= 4 is 6.21 Å². The number of hydrogen-bond donors (Lipinski definition) is 1. The van der Waals surface area contributed by atoms with Crippen LogP contribution in [0.1, 0.15) is 6.92 Å². The molecule has 0 aromatic rings. The topological polar surface area (TPSA) is 38.4 Å². The SMILES string of the molecule is C=C(CN)N=CC. The first-order chi connectivity index (χ1) is 3.31. The minimum atomic E-state index is 0.449. The maximum absolute atomic E-state index is 5.14. The molecule has 0 unspecified atom stereocenters. The average Bonchev–Trinajstić information content (AvgIpc) is 1.68. The largest absolute Gasteiger partial charge is 0.325 e. The van der Waals surface area contributed by atoms with Crippen molar-refractivity contribution in [2.75, 3.05) is 6.54 Å². The Labute approximate surface area is 43.7 Å². The molecule has 0 aliphatic rings. The summed E-state index contributed by atoms with van der Waals surface area (Å²) in [5.41, 5.74) is 5.87. The lowest BCUT2D eigenvalue weighted by molar-refractivity contribution is 1.12. The van der Waals surface area contributed by atoms with Gasteiger partial charge in [-0.1, -0.05) is 6.58 Å². The molecule has 0 saturated carbocycles. The molecule has 0 spiro atoms. The van der Waals surface area contributed by atoms with Crippen molar-refractivity contribution in [3.63, 3.8) is 0 Å². The van der Waals surface area contributed by atoms with Gasteiger partial charge in [-0.05, 0) is 6.92 Å². The van der Waals surface area contributed by atoms with Gasteiger partial charge in [-0.25, -0.2) is 0 Å². The molecule has 0 bridgehead atoms. The minimum Gasteiger partial charge on any atom is -0.325 e. The van der Waals surface area contributed by atoms with Crippen molar-refractivity contribution in [1.82, 2.24) is 0 Å². The van der Waals surface area contributed by atoms with Crippen molar-refractivity contribution in [1.29, 1.82) is 0 Å². The molecule has 40 valence electrons. The van der Waals surface area contributed by atoms with Gasteiger partial charge in [0.2, 0.25) is 0 Å². The van der Waals surface area contributed by atoms with E-state index in [1.54, 1.807) is 6.21 Å². The van der Waals surface area contributed by atoms with Crippen LogP contribution in [0.25, 0.3) is 0 Å². The zero-order valence-corrected chi connectivity index (χ0v) is 4.52. The van der Waals surface area contributed by atoms with Gasteiger partial charge in [0.05, 0.1) is 0 Å². The van der Waals surface area contributed by atoms with Crippen molar-refractivity contribution in [3.05, 3.63) is 12.3 Å². The Morgan fingerprint density at radius 3 is 2.71 bits per heavy atom. The van der Waals surface area contributed by atoms with Gasteiger partial charge in [-0.3, -0.25) is 4.99 Å². The third-order valence-electron chi connectivity index (χ3n) is 0.547. The molecular formula is C5H10N2. The number of nitrogens with two attached hydrogens (primary N) is 1. The van der Waals surface area contributed by atoms with E-state index in [0.29, 0.717) is 6.54 Å². The predicted molar refractivity (Wildman–Crippen MR) is 32.4 cm³/mol. The van der Waals surface area contributed by atoms with Crippen LogP contribution in [0.15, 0.2) is 17.3 Å². The Bertz CT molecular complexity index is 84.1. The van der Waals surface area contributed by atoms with Crippen LogP contribution in [0.5, 0.6) is 0 Å². The van der Waals surface area contributed by atoms with E-state index in [4.69, 9.17) is 5.73 Å². The van der Waals surface area contributed by atoms with E-state index in [1.807, 2.05) is 6.92 Å². The standard InChI is InChI=1S/C5H10N2/c1-3-7-5(2)4-6/h3H,2,4,6H2,1H3. The van der Waals surface area contributed by atoms with Gasteiger partial charge in [0, 0.05) is 18.5 Å². The van der Waals surface area contributed by atoms with Crippen LogP contribution in [0.2, 0.25) is 0 Å². The van der Waals surface area contributed by atoms with Crippen molar-refractivity contribution in [2.45, 2.75) is 6.92 Å². The van der Waals surface area contributed by atoms with Crippen LogP contribution in [-0.2, 0) is 0 Å². The summed E-state index contributed by atoms with van der Waals surface area (Å²) < 4.78 is 0. The first-order valence-corrected chi connectivity index (χ1v) is 2.17. The molecular weight excluding hydrogens is 88.1 g/mol. The summed E-state index contributed by atoms with van der Waals surface area (Å²) in [6.45, 7) is 5.82. The fourth-order valence-corrected chi connectivity index (χ4v) is 0.235. The van der Waals surface area contributed by atoms with Gasteiger partial charge in [-0.2, -0.15) is 0 Å². The highest BCUT2D eigenvalue weighted by atomic mass is 14.8. The summed E-state index contributed by atoms with van der Waals surface area (Å²) in [6, 6.07) is 0. The first-order valence-electron chi connectivity index (χ1n) is 2.17. The zero-order valence-electron chi connectivity index (χ0n) is 4.52. The molecule has 0 heterocycles. The molecule has 2 nitrogen and oxygen atoms in total. The summed E-state index contributed by atoms with van der Waals surface area (Å²) >= 11 is 0. The van der Waals surface area contributed by atoms with Gasteiger partial charge in [-0.15, -0.1) is 0 Å². The van der Waals surface area contributed by atoms with E-state index in [1.165, 1.54) is 0 Å². The molecule has 0 atom stereocenters. The number of aliphatic imine (C=N–C) groups is 1. The molecule has 2 heteroatoms. The summed E-state index contributed by atoms with van der Waals surface area (Å²) in [7, 11) is 0. The van der Waals surface area contributed by atoms with E-state index in [2.05, 4.69) is 11.6 Å². The molecule has 0 saturated heterocycles. The van der Waals surface area contributed by atoms with Crippen LogP contribution < -0.4 is 5.73 Å². The highest BCUT2D eigenvalue weighted by molar-refractivity contribution is 5.55. The highest BCUT2D eigenvalue weighted by Gasteiger charge is 1.76. The number of nitrogens with zero attached hydrogens (tertiary/aromatic N) is 1. The second kappa shape index (κ2) is 3.56. The fraction of sp³-hybridized carbons (Fsp3) is 0.400. The maximum Gasteiger partial charge on any atom is 0.0463 e. The molecule has 0 rings (SSSR count). The summed E-state index contributed by atoms with van der Waals surface area (Å²) in [6.07, 6.45) is 1.68. The Hall–Kier alpha value is -0.630. The molecule has 2 N–H and O–H groups in total. The monoisotopic (exact) mass is 98.1 g/mol. The van der Waals surface area contributed by atoms with E-state index in [0.717, 1.165) is 5.70 Å². The lowest BCUT2D eigenvalue weighted by Gasteiger charge is -1.86. The Morgan fingerprint density at radius 1 is 2.00 bits per heavy atom. The molecule has 0 aromatic heterocycles. The van der Waals surface area contributed by atoms with Crippen LogP contribution in [0.4, 0.5) is 0 Å². The van der Waals surface area contributed by atoms with Crippen LogP contribution in [0, 0.1) is 0 Å². The molecule has 0 amide bonds. The molecule has 0 aromatic carbocycles. The van der Waals surface area contributed by atoms with Gasteiger partial charge >= 0.3 is 0 Å². The average molecular weight is 98.1 g/mol. The summed E-state index contributed by atoms with van der Waals surface area (Å²) in [4.78, 5) is 3.80. The Kier molecular flexibility index (Phi) is 3.24. The molecule has 7 heavy (non-hydrogen) atoms. The quantitative estimate of drug-likeness (QED) is 0.503. The minimum absolute atomic E-state index is 0.449. The predicted octanol–water partition coefficient (Wildman–Crippen LogP) is 0.550. The van der Waals surface area contributed by atoms with E-state index in [9.17, 15) is 0 Å². The lowest BCUT2D eigenvalue weighted by atomic mass is 10.5. The second-order valence-electron chi connectivity index (χ2n) is 1.16. The molecule has 0 aliphatic heterocycles. The molecule has 0 aliphatic carbocycles. The van der Waals surface area contributed by atoms with Crippen LogP contribution in [0.3, 0.4) is 0 Å². The van der Waals surface area contributed by atoms with Gasteiger partial charge in [0.1, 0.15) is 0 Å². The molecule has 0 fully saturated rings. The first kappa shape index (κ1) is 6.37. The normalized spacial score (nSPS) is 10.0. The van der Waals surface area contributed by atoms with Crippen molar-refractivity contribution in [2.24, 2.45) is 10.7 Å². The number of hydrogen-bond acceptors (Lipinski definition) is 2. The number of rotatable bonds is 2. The van der Waals surface area contributed by atoms with Gasteiger partial charge in [0.15, 0.2) is 0 Å². The summed E-state index contributed by atoms with van der Waals surface area (Å²) in [5.74, 6) is 0. The molecule has 0 radical (unpaired) electrons. The van der Waals surface area contributed by atoms with Gasteiger partial charge < -0.3 is 5.73 Å². The van der Waals surface area contributed by atoms with Crippen molar-refractivity contribution < 1.29 is 0 Å². The zero-order chi connectivity index (χ0) is 5.70. The Balaban J connectivity index is 3.37.